The first-order valence-electron chi connectivity index (χ1n) is 5.12. The van der Waals surface area contributed by atoms with E-state index in [0.29, 0.717) is 6.54 Å². The number of rotatable bonds is 4. The molecule has 1 aromatic carbocycles. The van der Waals surface area contributed by atoms with Gasteiger partial charge in [-0.1, -0.05) is 19.1 Å². The van der Waals surface area contributed by atoms with Crippen LogP contribution in [0.1, 0.15) is 12.5 Å². The zero-order chi connectivity index (χ0) is 11.5. The van der Waals surface area contributed by atoms with Gasteiger partial charge in [0.2, 0.25) is 0 Å². The molecule has 1 unspecified atom stereocenters. The van der Waals surface area contributed by atoms with Gasteiger partial charge in [0.1, 0.15) is 0 Å². The van der Waals surface area contributed by atoms with Gasteiger partial charge in [-0.25, -0.2) is 0 Å². The fraction of sp³-hybridized carbons (Fsp3) is 0.500. The summed E-state index contributed by atoms with van der Waals surface area (Å²) in [6.07, 6.45) is 0. The minimum absolute atomic E-state index is 0.0742. The van der Waals surface area contributed by atoms with Crippen molar-refractivity contribution in [3.63, 3.8) is 0 Å². The van der Waals surface area contributed by atoms with Gasteiger partial charge in [0, 0.05) is 31.7 Å². The fourth-order valence-corrected chi connectivity index (χ4v) is 1.44. The minimum Gasteiger partial charge on any atom is -0.395 e. The van der Waals surface area contributed by atoms with Gasteiger partial charge in [0.25, 0.3) is 0 Å². The van der Waals surface area contributed by atoms with E-state index in [9.17, 15) is 5.11 Å². The van der Waals surface area contributed by atoms with Gasteiger partial charge in [-0.2, -0.15) is 0 Å². The summed E-state index contributed by atoms with van der Waals surface area (Å²) in [4.78, 5) is 2.04. The summed E-state index contributed by atoms with van der Waals surface area (Å²) < 4.78 is 0. The summed E-state index contributed by atoms with van der Waals surface area (Å²) in [7, 11) is 4.01. The van der Waals surface area contributed by atoms with Crippen molar-refractivity contribution >= 4 is 5.69 Å². The van der Waals surface area contributed by atoms with Gasteiger partial charge in [-0.15, -0.1) is 0 Å². The maximum Gasteiger partial charge on any atom is 0.0537 e. The standard InChI is InChI=1S/C12H20N2O/c1-12(8-13,9-15)10-4-6-11(7-5-10)14(2)3/h4-7,15H,8-9,13H2,1-3H3. The van der Waals surface area contributed by atoms with Crippen LogP contribution in [-0.4, -0.2) is 32.4 Å². The Hall–Kier alpha value is -1.06. The molecule has 3 N–H and O–H groups in total. The number of aliphatic hydroxyl groups excluding tert-OH is 1. The third kappa shape index (κ3) is 2.49. The molecule has 0 aromatic heterocycles. The van der Waals surface area contributed by atoms with Crippen molar-refractivity contribution in [2.24, 2.45) is 5.73 Å². The van der Waals surface area contributed by atoms with Crippen LogP contribution in [0, 0.1) is 0 Å². The molecule has 0 bridgehead atoms. The second-order valence-corrected chi connectivity index (χ2v) is 4.36. The van der Waals surface area contributed by atoms with Gasteiger partial charge in [-0.05, 0) is 17.7 Å². The molecule has 0 amide bonds. The molecule has 1 atom stereocenters. The number of nitrogens with zero attached hydrogens (tertiary/aromatic N) is 1. The summed E-state index contributed by atoms with van der Waals surface area (Å²) in [5, 5.41) is 9.33. The lowest BCUT2D eigenvalue weighted by Crippen LogP contribution is -2.35. The number of benzene rings is 1. The lowest BCUT2D eigenvalue weighted by Gasteiger charge is -2.26. The molecule has 0 heterocycles. The van der Waals surface area contributed by atoms with Gasteiger partial charge >= 0.3 is 0 Å². The van der Waals surface area contributed by atoms with E-state index in [0.717, 1.165) is 11.3 Å². The molecule has 0 saturated heterocycles. The molecule has 0 fully saturated rings. The molecule has 0 saturated carbocycles. The Kier molecular flexibility index (Phi) is 3.72. The molecule has 1 aromatic rings. The van der Waals surface area contributed by atoms with Crippen LogP contribution in [0.4, 0.5) is 5.69 Å². The Labute approximate surface area is 91.5 Å². The largest absolute Gasteiger partial charge is 0.395 e. The lowest BCUT2D eigenvalue weighted by atomic mass is 9.83. The van der Waals surface area contributed by atoms with Crippen molar-refractivity contribution in [1.82, 2.24) is 0 Å². The van der Waals surface area contributed by atoms with Crippen LogP contribution in [0.5, 0.6) is 0 Å². The average Bonchev–Trinajstić information content (AvgIpc) is 2.28. The smallest absolute Gasteiger partial charge is 0.0537 e. The monoisotopic (exact) mass is 208 g/mol. The SMILES string of the molecule is CN(C)c1ccc(C(C)(CN)CO)cc1. The molecule has 15 heavy (non-hydrogen) atoms. The molecule has 3 heteroatoms. The molecule has 1 rings (SSSR count). The van der Waals surface area contributed by atoms with Crippen LogP contribution in [0.3, 0.4) is 0 Å². The van der Waals surface area contributed by atoms with E-state index in [1.165, 1.54) is 0 Å². The van der Waals surface area contributed by atoms with E-state index in [4.69, 9.17) is 5.73 Å². The minimum atomic E-state index is -0.329. The number of aliphatic hydroxyl groups is 1. The molecular weight excluding hydrogens is 188 g/mol. The maximum absolute atomic E-state index is 9.33. The Morgan fingerprint density at radius 1 is 1.27 bits per heavy atom. The van der Waals surface area contributed by atoms with Gasteiger partial charge in [0.05, 0.1) is 6.61 Å². The first-order valence-corrected chi connectivity index (χ1v) is 5.12. The van der Waals surface area contributed by atoms with Crippen LogP contribution < -0.4 is 10.6 Å². The topological polar surface area (TPSA) is 49.5 Å². The normalized spacial score (nSPS) is 14.7. The van der Waals surface area contributed by atoms with Crippen molar-refractivity contribution in [2.45, 2.75) is 12.3 Å². The fourth-order valence-electron chi connectivity index (χ4n) is 1.44. The Balaban J connectivity index is 2.97. The first kappa shape index (κ1) is 12.0. The number of anilines is 1. The van der Waals surface area contributed by atoms with Crippen molar-refractivity contribution in [3.8, 4) is 0 Å². The highest BCUT2D eigenvalue weighted by atomic mass is 16.3. The van der Waals surface area contributed by atoms with E-state index in [1.807, 2.05) is 50.2 Å². The Morgan fingerprint density at radius 2 is 1.80 bits per heavy atom. The summed E-state index contributed by atoms with van der Waals surface area (Å²) in [6, 6.07) is 8.13. The highest BCUT2D eigenvalue weighted by molar-refractivity contribution is 5.47. The molecule has 0 aliphatic carbocycles. The molecule has 0 spiro atoms. The van der Waals surface area contributed by atoms with Crippen molar-refractivity contribution in [2.75, 3.05) is 32.1 Å². The van der Waals surface area contributed by atoms with Gasteiger partial charge in [-0.3, -0.25) is 0 Å². The summed E-state index contributed by atoms with van der Waals surface area (Å²) in [5.74, 6) is 0. The predicted octanol–water partition coefficient (Wildman–Crippen LogP) is 0.961. The zero-order valence-corrected chi connectivity index (χ0v) is 9.70. The highest BCUT2D eigenvalue weighted by Crippen LogP contribution is 2.24. The van der Waals surface area contributed by atoms with E-state index in [2.05, 4.69) is 0 Å². The van der Waals surface area contributed by atoms with Crippen molar-refractivity contribution in [3.05, 3.63) is 29.8 Å². The lowest BCUT2D eigenvalue weighted by molar-refractivity contribution is 0.210. The highest BCUT2D eigenvalue weighted by Gasteiger charge is 2.23. The third-order valence-corrected chi connectivity index (χ3v) is 2.88. The Morgan fingerprint density at radius 3 is 2.13 bits per heavy atom. The quantitative estimate of drug-likeness (QED) is 0.775. The number of nitrogens with two attached hydrogens (primary N) is 1. The maximum atomic E-state index is 9.33. The van der Waals surface area contributed by atoms with Crippen LogP contribution in [0.15, 0.2) is 24.3 Å². The zero-order valence-electron chi connectivity index (χ0n) is 9.70. The molecule has 0 radical (unpaired) electrons. The van der Waals surface area contributed by atoms with E-state index in [1.54, 1.807) is 0 Å². The first-order chi connectivity index (χ1) is 7.03. The van der Waals surface area contributed by atoms with Gasteiger partial charge < -0.3 is 15.7 Å². The van der Waals surface area contributed by atoms with E-state index >= 15 is 0 Å². The molecule has 84 valence electrons. The predicted molar refractivity (Wildman–Crippen MR) is 64.3 cm³/mol. The van der Waals surface area contributed by atoms with Crippen LogP contribution in [-0.2, 0) is 5.41 Å². The average molecular weight is 208 g/mol. The van der Waals surface area contributed by atoms with Crippen LogP contribution in [0.2, 0.25) is 0 Å². The summed E-state index contributed by atoms with van der Waals surface area (Å²) in [5.41, 5.74) is 7.58. The van der Waals surface area contributed by atoms with E-state index < -0.39 is 0 Å². The number of hydrogen-bond acceptors (Lipinski definition) is 3. The third-order valence-electron chi connectivity index (χ3n) is 2.88. The number of hydrogen-bond donors (Lipinski definition) is 2. The Bertz CT molecular complexity index is 302. The van der Waals surface area contributed by atoms with Crippen LogP contribution >= 0.6 is 0 Å². The second-order valence-electron chi connectivity index (χ2n) is 4.36. The molecule has 3 nitrogen and oxygen atoms in total. The van der Waals surface area contributed by atoms with Gasteiger partial charge in [0.15, 0.2) is 0 Å². The van der Waals surface area contributed by atoms with E-state index in [-0.39, 0.29) is 12.0 Å². The second kappa shape index (κ2) is 4.64. The molecule has 0 aliphatic rings. The summed E-state index contributed by atoms with van der Waals surface area (Å²) >= 11 is 0. The summed E-state index contributed by atoms with van der Waals surface area (Å²) in [6.45, 7) is 2.49. The molecular formula is C12H20N2O. The van der Waals surface area contributed by atoms with Crippen LogP contribution in [0.25, 0.3) is 0 Å². The van der Waals surface area contributed by atoms with Crippen molar-refractivity contribution in [1.29, 1.82) is 0 Å². The molecule has 0 aliphatic heterocycles. The van der Waals surface area contributed by atoms with Crippen molar-refractivity contribution < 1.29 is 5.11 Å².